The van der Waals surface area contributed by atoms with Gasteiger partial charge in [0.05, 0.1) is 55.9 Å². The van der Waals surface area contributed by atoms with E-state index in [1.165, 1.54) is 66.1 Å². The smallest absolute Gasteiger partial charge is 0.0979 e. The number of rotatable bonds is 8. The zero-order valence-electron chi connectivity index (χ0n) is 43.5. The Labute approximate surface area is 462 Å². The van der Waals surface area contributed by atoms with Crippen molar-refractivity contribution in [3.05, 3.63) is 291 Å². The van der Waals surface area contributed by atoms with Crippen LogP contribution >= 0.6 is 0 Å². The molecule has 0 unspecified atom stereocenters. The van der Waals surface area contributed by atoms with Crippen LogP contribution in [0.2, 0.25) is 0 Å². The van der Waals surface area contributed by atoms with Crippen LogP contribution in [0.3, 0.4) is 0 Å². The third-order valence-corrected chi connectivity index (χ3v) is 16.3. The van der Waals surface area contributed by atoms with Crippen molar-refractivity contribution in [3.63, 3.8) is 0 Å². The van der Waals surface area contributed by atoms with E-state index < -0.39 is 0 Å². The maximum absolute atomic E-state index is 5.59. The second-order valence-corrected chi connectivity index (χ2v) is 20.8. The van der Waals surface area contributed by atoms with Crippen molar-refractivity contribution in [1.82, 2.24) is 19.1 Å². The van der Waals surface area contributed by atoms with Crippen LogP contribution in [-0.4, -0.2) is 19.1 Å². The Morgan fingerprint density at radius 2 is 0.487 bits per heavy atom. The van der Waals surface area contributed by atoms with Crippen LogP contribution in [0.5, 0.6) is 0 Å². The van der Waals surface area contributed by atoms with Gasteiger partial charge in [0.2, 0.25) is 0 Å². The molecule has 4 heteroatoms. The van der Waals surface area contributed by atoms with Crippen molar-refractivity contribution in [2.24, 2.45) is 0 Å². The summed E-state index contributed by atoms with van der Waals surface area (Å²) in [5.41, 5.74) is 21.8. The molecule has 16 aromatic rings. The summed E-state index contributed by atoms with van der Waals surface area (Å²) in [6, 6.07) is 106. The third kappa shape index (κ3) is 7.38. The average Bonchev–Trinajstić information content (AvgIpc) is 4.06. The molecule has 0 saturated carbocycles. The molecule has 0 bridgehead atoms. The first-order valence-electron chi connectivity index (χ1n) is 27.4. The van der Waals surface area contributed by atoms with Gasteiger partial charge < -0.3 is 9.13 Å². The summed E-state index contributed by atoms with van der Waals surface area (Å²) in [4.78, 5) is 11.2. The zero-order valence-corrected chi connectivity index (χ0v) is 43.5. The van der Waals surface area contributed by atoms with Crippen LogP contribution in [0.25, 0.3) is 155 Å². The highest BCUT2D eigenvalue weighted by Gasteiger charge is 2.23. The molecule has 3 aromatic heterocycles. The molecule has 0 spiro atoms. The van der Waals surface area contributed by atoms with E-state index in [-0.39, 0.29) is 0 Å². The van der Waals surface area contributed by atoms with E-state index in [1.54, 1.807) is 0 Å². The lowest BCUT2D eigenvalue weighted by Gasteiger charge is -2.17. The van der Waals surface area contributed by atoms with Crippen LogP contribution in [0.15, 0.2) is 291 Å². The highest BCUT2D eigenvalue weighted by molar-refractivity contribution is 6.16. The number of benzene rings is 13. The lowest BCUT2D eigenvalue weighted by molar-refractivity contribution is 1.20. The van der Waals surface area contributed by atoms with Crippen LogP contribution in [0.1, 0.15) is 0 Å². The lowest BCUT2D eigenvalue weighted by Crippen LogP contribution is -2.00. The first-order valence-corrected chi connectivity index (χ1v) is 27.4. The van der Waals surface area contributed by atoms with Gasteiger partial charge in [0.25, 0.3) is 0 Å². The fraction of sp³-hybridized carbons (Fsp3) is 0. The summed E-state index contributed by atoms with van der Waals surface area (Å²) in [7, 11) is 0. The van der Waals surface area contributed by atoms with Gasteiger partial charge in [0.15, 0.2) is 0 Å². The van der Waals surface area contributed by atoms with Gasteiger partial charge in [-0.25, -0.2) is 9.97 Å². The lowest BCUT2D eigenvalue weighted by atomic mass is 9.94. The number of fused-ring (bicyclic) bond motifs is 9. The number of para-hydroxylation sites is 2. The standard InChI is InChI=1S/C76H48N4/c1-5-19-49(20-6-1)53-37-41-71-63(45-53)64-46-54(50-21-7-2-8-22-50)38-42-72(64)79(71)69-35-17-27-57-59(69)29-15-31-61(57)75-76(78-68-34-14-13-33-67(68)77-75)62-32-16-30-60-58(62)28-18-36-70(60)80-73-43-39-55(51-23-9-3-10-24-51)47-65(73)66-48-56(40-44-74(66)80)52-25-11-4-12-26-52/h1-48H. The predicted octanol–water partition coefficient (Wildman–Crippen LogP) is 20.1. The molecule has 16 rings (SSSR count). The molecule has 0 aliphatic carbocycles. The summed E-state index contributed by atoms with van der Waals surface area (Å²) >= 11 is 0. The number of hydrogen-bond donors (Lipinski definition) is 0. The van der Waals surface area contributed by atoms with E-state index in [1.807, 2.05) is 0 Å². The normalized spacial score (nSPS) is 11.8. The van der Waals surface area contributed by atoms with E-state index in [9.17, 15) is 0 Å². The summed E-state index contributed by atoms with van der Waals surface area (Å²) in [6.45, 7) is 0. The molecule has 0 aliphatic heterocycles. The highest BCUT2D eigenvalue weighted by Crippen LogP contribution is 2.45. The zero-order chi connectivity index (χ0) is 52.7. The van der Waals surface area contributed by atoms with E-state index in [0.29, 0.717) is 0 Å². The van der Waals surface area contributed by atoms with Gasteiger partial charge in [-0.3, -0.25) is 0 Å². The molecule has 80 heavy (non-hydrogen) atoms. The van der Waals surface area contributed by atoms with Crippen LogP contribution in [0.4, 0.5) is 0 Å². The molecule has 0 saturated heterocycles. The van der Waals surface area contributed by atoms with Crippen LogP contribution in [-0.2, 0) is 0 Å². The topological polar surface area (TPSA) is 35.6 Å². The maximum atomic E-state index is 5.59. The van der Waals surface area contributed by atoms with Crippen molar-refractivity contribution in [1.29, 1.82) is 0 Å². The molecule has 372 valence electrons. The molecule has 4 nitrogen and oxygen atoms in total. The molecule has 0 atom stereocenters. The number of nitrogens with zero attached hydrogens (tertiary/aromatic N) is 4. The first-order chi connectivity index (χ1) is 39.7. The molecule has 0 N–H and O–H groups in total. The number of aromatic nitrogens is 4. The minimum Gasteiger partial charge on any atom is -0.309 e. The molecule has 0 fully saturated rings. The molecule has 0 radical (unpaired) electrons. The van der Waals surface area contributed by atoms with Gasteiger partial charge in [-0.2, -0.15) is 0 Å². The molecular formula is C76H48N4. The van der Waals surface area contributed by atoms with E-state index in [0.717, 1.165) is 88.5 Å². The van der Waals surface area contributed by atoms with Crippen LogP contribution in [0, 0.1) is 0 Å². The Hall–Kier alpha value is -10.7. The van der Waals surface area contributed by atoms with Crippen molar-refractivity contribution in [3.8, 4) is 78.4 Å². The van der Waals surface area contributed by atoms with Gasteiger partial charge in [-0.1, -0.05) is 218 Å². The van der Waals surface area contributed by atoms with Crippen molar-refractivity contribution >= 4 is 76.2 Å². The Kier molecular flexibility index (Phi) is 10.5. The minimum atomic E-state index is 0.838. The van der Waals surface area contributed by atoms with Gasteiger partial charge >= 0.3 is 0 Å². The monoisotopic (exact) mass is 1020 g/mol. The van der Waals surface area contributed by atoms with E-state index in [4.69, 9.17) is 9.97 Å². The Morgan fingerprint density at radius 1 is 0.200 bits per heavy atom. The van der Waals surface area contributed by atoms with Gasteiger partial charge in [0.1, 0.15) is 0 Å². The Bertz CT molecular complexity index is 4580. The van der Waals surface area contributed by atoms with Gasteiger partial charge in [-0.15, -0.1) is 0 Å². The molecule has 0 aliphatic rings. The Morgan fingerprint density at radius 3 is 0.812 bits per heavy atom. The van der Waals surface area contributed by atoms with Gasteiger partial charge in [0, 0.05) is 43.4 Å². The fourth-order valence-electron chi connectivity index (χ4n) is 12.6. The third-order valence-electron chi connectivity index (χ3n) is 16.3. The highest BCUT2D eigenvalue weighted by atomic mass is 15.0. The minimum absolute atomic E-state index is 0.838. The molecule has 0 amide bonds. The van der Waals surface area contributed by atoms with Crippen molar-refractivity contribution < 1.29 is 0 Å². The van der Waals surface area contributed by atoms with Crippen LogP contribution < -0.4 is 0 Å². The molecule has 3 heterocycles. The second-order valence-electron chi connectivity index (χ2n) is 20.8. The molecular weight excluding hydrogens is 969 g/mol. The second kappa shape index (κ2) is 18.5. The molecule has 13 aromatic carbocycles. The van der Waals surface area contributed by atoms with Crippen molar-refractivity contribution in [2.75, 3.05) is 0 Å². The quantitative estimate of drug-likeness (QED) is 0.152. The van der Waals surface area contributed by atoms with E-state index in [2.05, 4.69) is 300 Å². The first kappa shape index (κ1) is 45.5. The van der Waals surface area contributed by atoms with Crippen molar-refractivity contribution in [2.45, 2.75) is 0 Å². The fourth-order valence-corrected chi connectivity index (χ4v) is 12.6. The summed E-state index contributed by atoms with van der Waals surface area (Å²) in [5.74, 6) is 0. The Balaban J connectivity index is 0.896. The largest absolute Gasteiger partial charge is 0.309 e. The summed E-state index contributed by atoms with van der Waals surface area (Å²) < 4.78 is 4.91. The summed E-state index contributed by atoms with van der Waals surface area (Å²) in [6.07, 6.45) is 0. The van der Waals surface area contributed by atoms with E-state index >= 15 is 0 Å². The number of hydrogen-bond acceptors (Lipinski definition) is 2. The van der Waals surface area contributed by atoms with Gasteiger partial charge in [-0.05, 0) is 128 Å². The summed E-state index contributed by atoms with van der Waals surface area (Å²) in [5, 5.41) is 9.29. The average molecular weight is 1020 g/mol. The SMILES string of the molecule is c1ccc(-c2ccc3c(c2)c2cc(-c4ccccc4)ccc2n3-c2cccc3c(-c4nc5ccccc5nc4-c4cccc5c(-n6c7ccc(-c8ccccc8)cc7c7cc(-c8ccccc8)ccc76)cccc45)cccc23)cc1. The predicted molar refractivity (Wildman–Crippen MR) is 336 cm³/mol. The maximum Gasteiger partial charge on any atom is 0.0979 e.